The number of allylic oxidation sites excluding steroid dienone is 10. The monoisotopic (exact) mass is 979 g/mol. The Balaban J connectivity index is 4.76. The molecule has 0 aliphatic carbocycles. The van der Waals surface area contributed by atoms with Gasteiger partial charge in [-0.2, -0.15) is 0 Å². The summed E-state index contributed by atoms with van der Waals surface area (Å²) in [5.41, 5.74) is 0. The van der Waals surface area contributed by atoms with Crippen molar-refractivity contribution >= 4 is 25.7 Å². The molecule has 12 heteroatoms. The summed E-state index contributed by atoms with van der Waals surface area (Å²) in [6.45, 7) is 4.44. The Hall–Kier alpha value is -2.82. The van der Waals surface area contributed by atoms with E-state index in [1.54, 1.807) is 0 Å². The summed E-state index contributed by atoms with van der Waals surface area (Å²) in [5, 5.41) is 9.77. The first kappa shape index (κ1) is 65.2. The van der Waals surface area contributed by atoms with Crippen LogP contribution < -0.4 is 0 Å². The van der Waals surface area contributed by atoms with Crippen molar-refractivity contribution in [2.75, 3.05) is 26.4 Å². The van der Waals surface area contributed by atoms with Crippen LogP contribution in [0.25, 0.3) is 0 Å². The number of hydrogen-bond acceptors (Lipinski definition) is 10. The number of aliphatic hydroxyl groups excluding tert-OH is 1. The summed E-state index contributed by atoms with van der Waals surface area (Å²) in [6, 6.07) is 0. The van der Waals surface area contributed by atoms with E-state index < -0.39 is 57.8 Å². The van der Waals surface area contributed by atoms with Crippen molar-refractivity contribution in [2.24, 2.45) is 0 Å². The lowest BCUT2D eigenvalue weighted by Gasteiger charge is -2.21. The molecule has 0 radical (unpaired) electrons. The number of aliphatic hydroxyl groups is 1. The molecule has 68 heavy (non-hydrogen) atoms. The van der Waals surface area contributed by atoms with Crippen LogP contribution in [0, 0.1) is 0 Å². The highest BCUT2D eigenvalue weighted by molar-refractivity contribution is 7.47. The van der Waals surface area contributed by atoms with Gasteiger partial charge in [0.25, 0.3) is 0 Å². The third kappa shape index (κ3) is 48.2. The highest BCUT2D eigenvalue weighted by Crippen LogP contribution is 2.43. The molecule has 0 saturated heterocycles. The second kappa shape index (κ2) is 50.6. The molecule has 0 spiro atoms. The third-order valence-electron chi connectivity index (χ3n) is 11.4. The van der Waals surface area contributed by atoms with Crippen molar-refractivity contribution in [3.63, 3.8) is 0 Å². The molecule has 2 N–H and O–H groups in total. The highest BCUT2D eigenvalue weighted by Gasteiger charge is 2.28. The minimum absolute atomic E-state index is 0.153. The van der Waals surface area contributed by atoms with E-state index in [1.807, 2.05) is 0 Å². The molecule has 0 saturated carbocycles. The lowest BCUT2D eigenvalue weighted by molar-refractivity contribution is -0.161. The van der Waals surface area contributed by atoms with Crippen molar-refractivity contribution in [3.05, 3.63) is 60.8 Å². The van der Waals surface area contributed by atoms with Gasteiger partial charge in [0.15, 0.2) is 6.10 Å². The zero-order valence-electron chi connectivity index (χ0n) is 43.3. The molecule has 0 aromatic carbocycles. The van der Waals surface area contributed by atoms with Crippen LogP contribution in [0.15, 0.2) is 60.8 Å². The third-order valence-corrected chi connectivity index (χ3v) is 12.4. The van der Waals surface area contributed by atoms with Crippen LogP contribution in [0.3, 0.4) is 0 Å². The first-order valence-corrected chi connectivity index (χ1v) is 28.7. The van der Waals surface area contributed by atoms with Gasteiger partial charge >= 0.3 is 25.7 Å². The largest absolute Gasteiger partial charge is 0.472 e. The van der Waals surface area contributed by atoms with E-state index in [-0.39, 0.29) is 25.9 Å². The molecule has 0 rings (SSSR count). The molecule has 0 aromatic rings. The van der Waals surface area contributed by atoms with Gasteiger partial charge in [0, 0.05) is 19.3 Å². The maximum atomic E-state index is 12.9. The smallest absolute Gasteiger partial charge is 0.462 e. The van der Waals surface area contributed by atoms with Gasteiger partial charge in [-0.05, 0) is 77.0 Å². The molecule has 394 valence electrons. The number of carbonyl (C=O) groups excluding carboxylic acids is 3. The molecule has 0 aliphatic heterocycles. The number of phosphoric ester groups is 1. The van der Waals surface area contributed by atoms with Crippen molar-refractivity contribution < 1.29 is 52.2 Å². The summed E-state index contributed by atoms with van der Waals surface area (Å²) in [5.74, 6) is -1.49. The zero-order chi connectivity index (χ0) is 49.9. The number of ether oxygens (including phenoxy) is 3. The van der Waals surface area contributed by atoms with Gasteiger partial charge in [-0.1, -0.05) is 204 Å². The maximum Gasteiger partial charge on any atom is 0.472 e. The van der Waals surface area contributed by atoms with Gasteiger partial charge in [-0.3, -0.25) is 23.4 Å². The predicted molar refractivity (Wildman–Crippen MR) is 279 cm³/mol. The second-order valence-electron chi connectivity index (χ2n) is 18.0. The zero-order valence-corrected chi connectivity index (χ0v) is 44.2. The highest BCUT2D eigenvalue weighted by atomic mass is 31.2. The van der Waals surface area contributed by atoms with Crippen LogP contribution in [0.1, 0.15) is 239 Å². The van der Waals surface area contributed by atoms with Crippen LogP contribution in [0.4, 0.5) is 0 Å². The lowest BCUT2D eigenvalue weighted by Crippen LogP contribution is -2.30. The van der Waals surface area contributed by atoms with E-state index in [0.29, 0.717) is 19.3 Å². The molecule has 0 aliphatic rings. The van der Waals surface area contributed by atoms with Gasteiger partial charge in [-0.15, -0.1) is 0 Å². The first-order valence-electron chi connectivity index (χ1n) is 27.2. The molecular formula is C56H99O11P. The van der Waals surface area contributed by atoms with Crippen LogP contribution in [-0.2, 0) is 42.2 Å². The number of carbonyl (C=O) groups is 3. The van der Waals surface area contributed by atoms with Crippen molar-refractivity contribution in [3.8, 4) is 0 Å². The van der Waals surface area contributed by atoms with E-state index in [2.05, 4.69) is 81.5 Å². The van der Waals surface area contributed by atoms with E-state index in [0.717, 1.165) is 122 Å². The molecule has 0 bridgehead atoms. The SMILES string of the molecule is CC/C=C\C/C=C\C/C=C\CCCCCCCCCC(=O)OC(COC(=O)CCCCCCC/C=C\C/C=C\CCC)COP(=O)(O)OCC(CO)OC(=O)CCCCCCCCCCCCC. The molecule has 0 fully saturated rings. The number of rotatable bonds is 50. The fourth-order valence-electron chi connectivity index (χ4n) is 7.29. The summed E-state index contributed by atoms with van der Waals surface area (Å²) >= 11 is 0. The Bertz CT molecular complexity index is 1370. The quantitative estimate of drug-likeness (QED) is 0.0197. The van der Waals surface area contributed by atoms with Crippen LogP contribution in [0.5, 0.6) is 0 Å². The Morgan fingerprint density at radius 2 is 0.794 bits per heavy atom. The van der Waals surface area contributed by atoms with E-state index in [4.69, 9.17) is 23.3 Å². The predicted octanol–water partition coefficient (Wildman–Crippen LogP) is 15.6. The van der Waals surface area contributed by atoms with Gasteiger partial charge in [0.1, 0.15) is 12.7 Å². The number of unbranched alkanes of at least 4 members (excludes halogenated alkanes) is 23. The first-order chi connectivity index (χ1) is 33.2. The summed E-state index contributed by atoms with van der Waals surface area (Å²) < 4.78 is 39.4. The fourth-order valence-corrected chi connectivity index (χ4v) is 8.07. The van der Waals surface area contributed by atoms with Crippen molar-refractivity contribution in [1.29, 1.82) is 0 Å². The second-order valence-corrected chi connectivity index (χ2v) is 19.5. The Morgan fingerprint density at radius 1 is 0.426 bits per heavy atom. The summed E-state index contributed by atoms with van der Waals surface area (Å²) in [4.78, 5) is 48.4. The van der Waals surface area contributed by atoms with Gasteiger partial charge in [-0.25, -0.2) is 4.57 Å². The van der Waals surface area contributed by atoms with Gasteiger partial charge in [0.05, 0.1) is 19.8 Å². The molecular weight excluding hydrogens is 880 g/mol. The van der Waals surface area contributed by atoms with E-state index in [1.165, 1.54) is 57.8 Å². The average molecular weight is 979 g/mol. The normalized spacial score (nSPS) is 13.9. The van der Waals surface area contributed by atoms with Crippen LogP contribution in [-0.4, -0.2) is 66.5 Å². The summed E-state index contributed by atoms with van der Waals surface area (Å²) in [7, 11) is -4.75. The average Bonchev–Trinajstić information content (AvgIpc) is 3.32. The molecule has 0 heterocycles. The van der Waals surface area contributed by atoms with Crippen molar-refractivity contribution in [1.82, 2.24) is 0 Å². The van der Waals surface area contributed by atoms with Crippen LogP contribution >= 0.6 is 7.82 Å². The Kier molecular flexibility index (Phi) is 48.5. The minimum Gasteiger partial charge on any atom is -0.462 e. The number of esters is 3. The molecule has 0 aromatic heterocycles. The molecule has 11 nitrogen and oxygen atoms in total. The van der Waals surface area contributed by atoms with Gasteiger partial charge in [0.2, 0.25) is 0 Å². The van der Waals surface area contributed by atoms with Gasteiger partial charge < -0.3 is 24.2 Å². The number of hydrogen-bond donors (Lipinski definition) is 2. The molecule has 3 atom stereocenters. The maximum absolute atomic E-state index is 12.9. The van der Waals surface area contributed by atoms with E-state index in [9.17, 15) is 28.9 Å². The fraction of sp³-hybridized carbons (Fsp3) is 0.768. The van der Waals surface area contributed by atoms with E-state index >= 15 is 0 Å². The molecule has 0 amide bonds. The lowest BCUT2D eigenvalue weighted by atomic mass is 10.1. The van der Waals surface area contributed by atoms with Crippen LogP contribution in [0.2, 0.25) is 0 Å². The Labute approximate surface area is 415 Å². The molecule has 3 unspecified atom stereocenters. The topological polar surface area (TPSA) is 155 Å². The van der Waals surface area contributed by atoms with Crippen molar-refractivity contribution in [2.45, 2.75) is 251 Å². The number of phosphoric acid groups is 1. The minimum atomic E-state index is -4.75. The Morgan fingerprint density at radius 3 is 1.24 bits per heavy atom. The standard InChI is InChI=1S/C56H99O11P/c1-4-7-10-13-16-19-22-24-25-26-27-29-32-35-38-41-44-47-56(60)67-53(49-63-54(58)45-42-39-36-33-31-28-23-20-17-14-11-8-5-2)51-65-68(61,62)64-50-52(48-57)66-55(59)46-43-40-37-34-30-21-18-15-12-9-6-3/h7,10-11,14,16,19-20,23-25,52-53,57H,4-6,8-9,12-13,15,17-18,21-22,26-51H2,1-3H3,(H,61,62)/b10-7-,14-11-,19-16-,23-20-,25-24-. The summed E-state index contributed by atoms with van der Waals surface area (Å²) in [6.07, 6.45) is 53.2.